The summed E-state index contributed by atoms with van der Waals surface area (Å²) in [5.41, 5.74) is 2.63. The molecule has 0 saturated carbocycles. The van der Waals surface area contributed by atoms with Crippen LogP contribution in [0.15, 0.2) is 54.7 Å². The number of nitrogens with one attached hydrogen (secondary N) is 1. The molecule has 1 aromatic carbocycles. The van der Waals surface area contributed by atoms with E-state index in [0.29, 0.717) is 36.8 Å². The van der Waals surface area contributed by atoms with E-state index in [9.17, 15) is 9.59 Å². The van der Waals surface area contributed by atoms with Gasteiger partial charge in [-0.2, -0.15) is 5.10 Å². The van der Waals surface area contributed by atoms with E-state index in [1.807, 2.05) is 48.2 Å². The zero-order valence-electron chi connectivity index (χ0n) is 18.3. The summed E-state index contributed by atoms with van der Waals surface area (Å²) in [7, 11) is 1.74. The van der Waals surface area contributed by atoms with Crippen LogP contribution in [-0.4, -0.2) is 58.6 Å². The number of amides is 2. The van der Waals surface area contributed by atoms with Crippen molar-refractivity contribution < 1.29 is 14.3 Å². The van der Waals surface area contributed by atoms with Gasteiger partial charge in [0.2, 0.25) is 5.88 Å². The number of H-pyrrole nitrogens is 1. The first-order valence-electron chi connectivity index (χ1n) is 10.8. The fourth-order valence-electron chi connectivity index (χ4n) is 3.97. The second-order valence-corrected chi connectivity index (χ2v) is 7.76. The van der Waals surface area contributed by atoms with E-state index in [-0.39, 0.29) is 17.7 Å². The van der Waals surface area contributed by atoms with Crippen molar-refractivity contribution >= 4 is 17.5 Å². The average molecular weight is 434 g/mol. The minimum absolute atomic E-state index is 0.0648. The van der Waals surface area contributed by atoms with Crippen LogP contribution in [0.25, 0.3) is 0 Å². The number of anilines is 1. The topological polar surface area (TPSA) is 91.4 Å². The van der Waals surface area contributed by atoms with Crippen molar-refractivity contribution in [3.63, 3.8) is 0 Å². The molecule has 0 atom stereocenters. The second kappa shape index (κ2) is 9.64. The van der Waals surface area contributed by atoms with Gasteiger partial charge in [-0.3, -0.25) is 14.7 Å². The molecule has 1 aliphatic rings. The quantitative estimate of drug-likeness (QED) is 0.642. The lowest BCUT2D eigenvalue weighted by Crippen LogP contribution is -2.38. The molecule has 0 unspecified atom stereocenters. The van der Waals surface area contributed by atoms with Crippen LogP contribution in [0.5, 0.6) is 5.88 Å². The number of nitrogens with zero attached hydrogens (tertiary/aromatic N) is 4. The molecule has 0 radical (unpaired) electrons. The van der Waals surface area contributed by atoms with Gasteiger partial charge in [0.05, 0.1) is 6.61 Å². The maximum atomic E-state index is 13.0. The van der Waals surface area contributed by atoms with Gasteiger partial charge in [-0.1, -0.05) is 18.2 Å². The Balaban J connectivity index is 1.39. The largest absolute Gasteiger partial charge is 0.477 e. The molecule has 0 aliphatic carbocycles. The van der Waals surface area contributed by atoms with Gasteiger partial charge < -0.3 is 14.5 Å². The first-order chi connectivity index (χ1) is 15.6. The number of hydrogen-bond donors (Lipinski definition) is 1. The molecular formula is C24H27N5O3. The molecule has 1 saturated heterocycles. The Morgan fingerprint density at radius 2 is 1.91 bits per heavy atom. The molecule has 32 heavy (non-hydrogen) atoms. The normalized spacial score (nSPS) is 14.2. The molecule has 0 bridgehead atoms. The van der Waals surface area contributed by atoms with E-state index in [1.54, 1.807) is 30.3 Å². The Labute approximate surface area is 187 Å². The van der Waals surface area contributed by atoms with Gasteiger partial charge in [-0.15, -0.1) is 0 Å². The van der Waals surface area contributed by atoms with Crippen molar-refractivity contribution in [3.05, 3.63) is 71.7 Å². The van der Waals surface area contributed by atoms with Crippen LogP contribution in [0.3, 0.4) is 0 Å². The van der Waals surface area contributed by atoms with E-state index in [0.717, 1.165) is 24.2 Å². The number of carbonyl (C=O) groups excluding carboxylic acids is 2. The highest BCUT2D eigenvalue weighted by Crippen LogP contribution is 2.29. The SMILES string of the molecule is CCOc1ncccc1C(=O)N1CCC(c2cc(C(=O)N(C)c3ccccc3)n[nH]2)CC1. The number of likely N-dealkylation sites (tertiary alicyclic amines) is 1. The fraction of sp³-hybridized carbons (Fsp3) is 0.333. The summed E-state index contributed by atoms with van der Waals surface area (Å²) < 4.78 is 5.51. The van der Waals surface area contributed by atoms with E-state index >= 15 is 0 Å². The van der Waals surface area contributed by atoms with E-state index in [2.05, 4.69) is 15.2 Å². The first-order valence-corrected chi connectivity index (χ1v) is 10.8. The van der Waals surface area contributed by atoms with Crippen molar-refractivity contribution in [2.45, 2.75) is 25.7 Å². The van der Waals surface area contributed by atoms with Gasteiger partial charge in [0, 0.05) is 43.6 Å². The van der Waals surface area contributed by atoms with Crippen molar-refractivity contribution in [1.29, 1.82) is 0 Å². The number of ether oxygens (including phenoxy) is 1. The zero-order chi connectivity index (χ0) is 22.5. The zero-order valence-corrected chi connectivity index (χ0v) is 18.3. The maximum absolute atomic E-state index is 13.0. The minimum atomic E-state index is -0.161. The minimum Gasteiger partial charge on any atom is -0.477 e. The molecule has 8 heteroatoms. The van der Waals surface area contributed by atoms with Gasteiger partial charge >= 0.3 is 0 Å². The van der Waals surface area contributed by atoms with Crippen LogP contribution in [-0.2, 0) is 0 Å². The summed E-state index contributed by atoms with van der Waals surface area (Å²) in [5.74, 6) is 0.369. The van der Waals surface area contributed by atoms with Gasteiger partial charge in [0.25, 0.3) is 11.8 Å². The fourth-order valence-corrected chi connectivity index (χ4v) is 3.97. The molecule has 1 aliphatic heterocycles. The Morgan fingerprint density at radius 1 is 1.16 bits per heavy atom. The smallest absolute Gasteiger partial charge is 0.278 e. The lowest BCUT2D eigenvalue weighted by molar-refractivity contribution is 0.0707. The predicted molar refractivity (Wildman–Crippen MR) is 121 cm³/mol. The molecule has 1 N–H and O–H groups in total. The van der Waals surface area contributed by atoms with E-state index in [1.165, 1.54) is 0 Å². The second-order valence-electron chi connectivity index (χ2n) is 7.76. The number of benzene rings is 1. The summed E-state index contributed by atoms with van der Waals surface area (Å²) in [4.78, 5) is 33.4. The Morgan fingerprint density at radius 3 is 2.62 bits per heavy atom. The number of carbonyl (C=O) groups is 2. The third-order valence-electron chi connectivity index (χ3n) is 5.77. The molecule has 166 valence electrons. The summed E-state index contributed by atoms with van der Waals surface area (Å²) in [6, 6.07) is 14.8. The molecule has 3 aromatic rings. The lowest BCUT2D eigenvalue weighted by Gasteiger charge is -2.31. The molecule has 3 heterocycles. The summed E-state index contributed by atoms with van der Waals surface area (Å²) in [5, 5.41) is 7.28. The van der Waals surface area contributed by atoms with E-state index < -0.39 is 0 Å². The number of rotatable bonds is 6. The van der Waals surface area contributed by atoms with Gasteiger partial charge in [-0.25, -0.2) is 4.98 Å². The van der Waals surface area contributed by atoms with Crippen LogP contribution >= 0.6 is 0 Å². The molecule has 1 fully saturated rings. The number of hydrogen-bond acceptors (Lipinski definition) is 5. The van der Waals surface area contributed by atoms with Crippen LogP contribution in [0.4, 0.5) is 5.69 Å². The van der Waals surface area contributed by atoms with Gasteiger partial charge in [0.1, 0.15) is 5.56 Å². The average Bonchev–Trinajstić information content (AvgIpc) is 3.34. The number of aromatic nitrogens is 3. The van der Waals surface area contributed by atoms with Crippen molar-refractivity contribution in [3.8, 4) is 5.88 Å². The van der Waals surface area contributed by atoms with Crippen LogP contribution < -0.4 is 9.64 Å². The summed E-state index contributed by atoms with van der Waals surface area (Å²) >= 11 is 0. The molecule has 2 amide bonds. The van der Waals surface area contributed by atoms with Crippen LogP contribution in [0.2, 0.25) is 0 Å². The van der Waals surface area contributed by atoms with Gasteiger partial charge in [0.15, 0.2) is 5.69 Å². The third-order valence-corrected chi connectivity index (χ3v) is 5.77. The number of piperidine rings is 1. The number of para-hydroxylation sites is 1. The first kappa shape index (κ1) is 21.5. The van der Waals surface area contributed by atoms with Gasteiger partial charge in [-0.05, 0) is 50.1 Å². The highest BCUT2D eigenvalue weighted by Gasteiger charge is 2.28. The molecule has 8 nitrogen and oxygen atoms in total. The molecule has 4 rings (SSSR count). The predicted octanol–water partition coefficient (Wildman–Crippen LogP) is 3.50. The Kier molecular flexibility index (Phi) is 6.49. The van der Waals surface area contributed by atoms with Crippen LogP contribution in [0.1, 0.15) is 52.2 Å². The molecular weight excluding hydrogens is 406 g/mol. The lowest BCUT2D eigenvalue weighted by atomic mass is 9.93. The highest BCUT2D eigenvalue weighted by atomic mass is 16.5. The summed E-state index contributed by atoms with van der Waals surface area (Å²) in [6.45, 7) is 3.57. The monoisotopic (exact) mass is 433 g/mol. The molecule has 2 aromatic heterocycles. The standard InChI is InChI=1S/C24H27N5O3/c1-3-32-22-19(10-7-13-25-22)23(30)29-14-11-17(12-15-29)20-16-21(27-26-20)24(31)28(2)18-8-5-4-6-9-18/h4-10,13,16-17H,3,11-12,14-15H2,1-2H3,(H,26,27). The molecule has 0 spiro atoms. The third kappa shape index (κ3) is 4.49. The van der Waals surface area contributed by atoms with Crippen molar-refractivity contribution in [1.82, 2.24) is 20.1 Å². The maximum Gasteiger partial charge on any atom is 0.278 e. The number of aromatic amines is 1. The Hall–Kier alpha value is -3.68. The van der Waals surface area contributed by atoms with Crippen molar-refractivity contribution in [2.24, 2.45) is 0 Å². The van der Waals surface area contributed by atoms with Crippen molar-refractivity contribution in [2.75, 3.05) is 31.6 Å². The van der Waals surface area contributed by atoms with E-state index in [4.69, 9.17) is 4.74 Å². The van der Waals surface area contributed by atoms with Crippen LogP contribution in [0, 0.1) is 0 Å². The summed E-state index contributed by atoms with van der Waals surface area (Å²) in [6.07, 6.45) is 3.21. The Bertz CT molecular complexity index is 1070. The highest BCUT2D eigenvalue weighted by molar-refractivity contribution is 6.04. The number of pyridine rings is 1.